The standard InChI is InChI=1S/C19H21N3O4S/c1-19(2,3)14-5-8-16(9-6-14)27(25,26)22(12-18(23)24)15-7-4-13-11-20-21-17(13)10-15/h4-11H,12H2,1-3H3,(H,20,21)(H,23,24). The Morgan fingerprint density at radius 3 is 2.41 bits per heavy atom. The van der Waals surface area contributed by atoms with Crippen LogP contribution in [-0.2, 0) is 20.2 Å². The van der Waals surface area contributed by atoms with Crippen molar-refractivity contribution in [2.75, 3.05) is 10.8 Å². The molecule has 0 spiro atoms. The van der Waals surface area contributed by atoms with E-state index in [2.05, 4.69) is 10.2 Å². The SMILES string of the molecule is CC(C)(C)c1ccc(S(=O)(=O)N(CC(=O)O)c2ccc3cn[nH]c3c2)cc1. The molecule has 1 heterocycles. The third kappa shape index (κ3) is 3.80. The molecule has 0 amide bonds. The van der Waals surface area contributed by atoms with Crippen LogP contribution in [-0.4, -0.2) is 36.2 Å². The second kappa shape index (κ2) is 6.70. The Kier molecular flexibility index (Phi) is 4.69. The number of fused-ring (bicyclic) bond motifs is 1. The monoisotopic (exact) mass is 387 g/mol. The van der Waals surface area contributed by atoms with Gasteiger partial charge in [0.05, 0.1) is 22.3 Å². The first-order valence-electron chi connectivity index (χ1n) is 8.37. The molecule has 2 aromatic carbocycles. The molecular weight excluding hydrogens is 366 g/mol. The molecule has 142 valence electrons. The zero-order valence-electron chi connectivity index (χ0n) is 15.3. The van der Waals surface area contributed by atoms with E-state index in [-0.39, 0.29) is 16.0 Å². The average Bonchev–Trinajstić information content (AvgIpc) is 3.06. The van der Waals surface area contributed by atoms with Gasteiger partial charge in [-0.15, -0.1) is 0 Å². The van der Waals surface area contributed by atoms with Crippen LogP contribution in [0.5, 0.6) is 0 Å². The largest absolute Gasteiger partial charge is 0.480 e. The van der Waals surface area contributed by atoms with Crippen molar-refractivity contribution in [2.45, 2.75) is 31.1 Å². The van der Waals surface area contributed by atoms with Crippen molar-refractivity contribution in [1.29, 1.82) is 0 Å². The van der Waals surface area contributed by atoms with Gasteiger partial charge in [-0.05, 0) is 41.3 Å². The zero-order valence-corrected chi connectivity index (χ0v) is 16.1. The maximum Gasteiger partial charge on any atom is 0.324 e. The lowest BCUT2D eigenvalue weighted by molar-refractivity contribution is -0.135. The van der Waals surface area contributed by atoms with Gasteiger partial charge in [0.1, 0.15) is 6.54 Å². The highest BCUT2D eigenvalue weighted by molar-refractivity contribution is 7.92. The third-order valence-corrected chi connectivity index (χ3v) is 6.09. The fourth-order valence-electron chi connectivity index (χ4n) is 2.77. The lowest BCUT2D eigenvalue weighted by atomic mass is 9.87. The van der Waals surface area contributed by atoms with Gasteiger partial charge in [-0.1, -0.05) is 32.9 Å². The average molecular weight is 387 g/mol. The van der Waals surface area contributed by atoms with E-state index in [0.29, 0.717) is 5.52 Å². The highest BCUT2D eigenvalue weighted by Crippen LogP contribution is 2.28. The molecule has 8 heteroatoms. The highest BCUT2D eigenvalue weighted by Gasteiger charge is 2.28. The minimum Gasteiger partial charge on any atom is -0.480 e. The van der Waals surface area contributed by atoms with E-state index in [9.17, 15) is 18.3 Å². The molecule has 0 bridgehead atoms. The quantitative estimate of drug-likeness (QED) is 0.700. The lowest BCUT2D eigenvalue weighted by Crippen LogP contribution is -2.35. The van der Waals surface area contributed by atoms with Gasteiger partial charge >= 0.3 is 5.97 Å². The summed E-state index contributed by atoms with van der Waals surface area (Å²) in [4.78, 5) is 11.4. The smallest absolute Gasteiger partial charge is 0.324 e. The number of hydrogen-bond acceptors (Lipinski definition) is 4. The number of aromatic amines is 1. The van der Waals surface area contributed by atoms with Crippen LogP contribution in [0.3, 0.4) is 0 Å². The van der Waals surface area contributed by atoms with E-state index < -0.39 is 22.5 Å². The van der Waals surface area contributed by atoms with Gasteiger partial charge in [0, 0.05) is 5.39 Å². The van der Waals surface area contributed by atoms with E-state index >= 15 is 0 Å². The molecule has 7 nitrogen and oxygen atoms in total. The fourth-order valence-corrected chi connectivity index (χ4v) is 4.18. The molecule has 1 aromatic heterocycles. The van der Waals surface area contributed by atoms with Crippen molar-refractivity contribution in [3.63, 3.8) is 0 Å². The number of nitrogens with one attached hydrogen (secondary N) is 1. The number of rotatable bonds is 5. The molecule has 27 heavy (non-hydrogen) atoms. The number of aliphatic carboxylic acids is 1. The van der Waals surface area contributed by atoms with Crippen LogP contribution in [0.4, 0.5) is 5.69 Å². The van der Waals surface area contributed by atoms with Crippen molar-refractivity contribution in [1.82, 2.24) is 10.2 Å². The number of aromatic nitrogens is 2. The predicted octanol–water partition coefficient (Wildman–Crippen LogP) is 3.14. The van der Waals surface area contributed by atoms with Gasteiger partial charge in [0.2, 0.25) is 0 Å². The van der Waals surface area contributed by atoms with Crippen molar-refractivity contribution in [2.24, 2.45) is 0 Å². The number of carboxylic acid groups (broad SMARTS) is 1. The van der Waals surface area contributed by atoms with Crippen LogP contribution in [0.25, 0.3) is 10.9 Å². The van der Waals surface area contributed by atoms with Crippen LogP contribution in [0, 0.1) is 0 Å². The Hall–Kier alpha value is -2.87. The second-order valence-electron chi connectivity index (χ2n) is 7.32. The maximum atomic E-state index is 13.1. The third-order valence-electron chi connectivity index (χ3n) is 4.30. The summed E-state index contributed by atoms with van der Waals surface area (Å²) in [7, 11) is -4.04. The molecule has 0 saturated heterocycles. The molecule has 2 N–H and O–H groups in total. The van der Waals surface area contributed by atoms with E-state index in [0.717, 1.165) is 15.3 Å². The lowest BCUT2D eigenvalue weighted by Gasteiger charge is -2.24. The Morgan fingerprint density at radius 1 is 1.15 bits per heavy atom. The Morgan fingerprint density at radius 2 is 1.81 bits per heavy atom. The molecule has 0 aliphatic carbocycles. The van der Waals surface area contributed by atoms with Crippen molar-refractivity contribution < 1.29 is 18.3 Å². The summed E-state index contributed by atoms with van der Waals surface area (Å²) in [5.41, 5.74) is 1.76. The number of hydrogen-bond donors (Lipinski definition) is 2. The molecule has 0 aliphatic heterocycles. The summed E-state index contributed by atoms with van der Waals surface area (Å²) in [6, 6.07) is 11.4. The molecule has 0 atom stereocenters. The first kappa shape index (κ1) is 18.9. The number of nitrogens with zero attached hydrogens (tertiary/aromatic N) is 2. The molecule has 3 aromatic rings. The van der Waals surface area contributed by atoms with Gasteiger partial charge in [0.15, 0.2) is 0 Å². The first-order valence-corrected chi connectivity index (χ1v) is 9.81. The molecule has 0 unspecified atom stereocenters. The van der Waals surface area contributed by atoms with Crippen LogP contribution in [0.1, 0.15) is 26.3 Å². The van der Waals surface area contributed by atoms with Crippen LogP contribution in [0.15, 0.2) is 53.6 Å². The van der Waals surface area contributed by atoms with Crippen molar-refractivity contribution >= 4 is 32.6 Å². The number of sulfonamides is 1. The molecular formula is C19H21N3O4S. The van der Waals surface area contributed by atoms with Crippen molar-refractivity contribution in [3.05, 3.63) is 54.2 Å². The first-order chi connectivity index (χ1) is 12.6. The van der Waals surface area contributed by atoms with Gasteiger partial charge in [-0.2, -0.15) is 5.10 Å². The van der Waals surface area contributed by atoms with Gasteiger partial charge < -0.3 is 5.11 Å². The minimum atomic E-state index is -4.04. The number of anilines is 1. The van der Waals surface area contributed by atoms with Crippen LogP contribution >= 0.6 is 0 Å². The summed E-state index contributed by atoms with van der Waals surface area (Å²) in [5, 5.41) is 16.7. The van der Waals surface area contributed by atoms with Gasteiger partial charge in [0.25, 0.3) is 10.0 Å². The molecule has 0 radical (unpaired) electrons. The number of H-pyrrole nitrogens is 1. The Labute approximate surface area is 157 Å². The summed E-state index contributed by atoms with van der Waals surface area (Å²) >= 11 is 0. The Bertz CT molecular complexity index is 1080. The molecule has 0 aliphatic rings. The molecule has 3 rings (SSSR count). The van der Waals surface area contributed by atoms with Gasteiger partial charge in [-0.3, -0.25) is 14.2 Å². The zero-order chi connectivity index (χ0) is 19.8. The Balaban J connectivity index is 2.06. The van der Waals surface area contributed by atoms with E-state index in [1.807, 2.05) is 20.8 Å². The fraction of sp³-hybridized carbons (Fsp3) is 0.263. The normalized spacial score (nSPS) is 12.3. The number of benzene rings is 2. The summed E-state index contributed by atoms with van der Waals surface area (Å²) in [6.45, 7) is 5.43. The summed E-state index contributed by atoms with van der Waals surface area (Å²) in [5.74, 6) is -1.24. The molecule has 0 fully saturated rings. The van der Waals surface area contributed by atoms with E-state index in [1.165, 1.54) is 12.1 Å². The maximum absolute atomic E-state index is 13.1. The summed E-state index contributed by atoms with van der Waals surface area (Å²) < 4.78 is 27.2. The summed E-state index contributed by atoms with van der Waals surface area (Å²) in [6.07, 6.45) is 1.61. The second-order valence-corrected chi connectivity index (χ2v) is 9.18. The topological polar surface area (TPSA) is 103 Å². The van der Waals surface area contributed by atoms with Crippen molar-refractivity contribution in [3.8, 4) is 0 Å². The van der Waals surface area contributed by atoms with Crippen LogP contribution in [0.2, 0.25) is 0 Å². The minimum absolute atomic E-state index is 0.0430. The van der Waals surface area contributed by atoms with Gasteiger partial charge in [-0.25, -0.2) is 8.42 Å². The van der Waals surface area contributed by atoms with E-state index in [1.54, 1.807) is 36.5 Å². The highest BCUT2D eigenvalue weighted by atomic mass is 32.2. The predicted molar refractivity (Wildman–Crippen MR) is 103 cm³/mol. The van der Waals surface area contributed by atoms with E-state index in [4.69, 9.17) is 0 Å². The molecule has 0 saturated carbocycles. The number of carbonyl (C=O) groups is 1. The number of carboxylic acids is 1. The van der Waals surface area contributed by atoms with Crippen LogP contribution < -0.4 is 4.31 Å².